The van der Waals surface area contributed by atoms with E-state index in [1.165, 1.54) is 11.6 Å². The zero-order valence-corrected chi connectivity index (χ0v) is 15.4. The molecule has 7 heteroatoms. The fraction of sp³-hybridized carbons (Fsp3) is 0.400. The molecule has 7 nitrogen and oxygen atoms in total. The van der Waals surface area contributed by atoms with Gasteiger partial charge in [-0.2, -0.15) is 5.10 Å². The molecule has 1 aliphatic rings. The maximum absolute atomic E-state index is 12.5. The Hall–Kier alpha value is -2.96. The second kappa shape index (κ2) is 7.73. The monoisotopic (exact) mass is 369 g/mol. The van der Waals surface area contributed by atoms with Crippen molar-refractivity contribution in [3.05, 3.63) is 63.1 Å². The first-order valence-corrected chi connectivity index (χ1v) is 9.06. The first kappa shape index (κ1) is 18.8. The van der Waals surface area contributed by atoms with Crippen molar-refractivity contribution in [2.45, 2.75) is 51.6 Å². The Labute approximate surface area is 157 Å². The summed E-state index contributed by atoms with van der Waals surface area (Å²) in [6, 6.07) is 8.93. The van der Waals surface area contributed by atoms with Crippen molar-refractivity contribution in [3.63, 3.8) is 0 Å². The summed E-state index contributed by atoms with van der Waals surface area (Å²) < 4.78 is 0.969. The Morgan fingerprint density at radius 3 is 2.63 bits per heavy atom. The molecule has 1 unspecified atom stereocenters. The minimum Gasteiger partial charge on any atom is -0.480 e. The fourth-order valence-corrected chi connectivity index (χ4v) is 3.28. The number of rotatable bonds is 5. The van der Waals surface area contributed by atoms with E-state index in [1.54, 1.807) is 0 Å². The van der Waals surface area contributed by atoms with Crippen molar-refractivity contribution in [2.24, 2.45) is 0 Å². The van der Waals surface area contributed by atoms with Crippen molar-refractivity contribution < 1.29 is 14.7 Å². The van der Waals surface area contributed by atoms with E-state index < -0.39 is 18.1 Å². The van der Waals surface area contributed by atoms with Gasteiger partial charge in [0.2, 0.25) is 0 Å². The molecule has 0 spiro atoms. The number of amides is 1. The minimum atomic E-state index is -1.10. The van der Waals surface area contributed by atoms with Crippen LogP contribution >= 0.6 is 0 Å². The predicted molar refractivity (Wildman–Crippen MR) is 99.9 cm³/mol. The number of carbonyl (C=O) groups excluding carboxylic acids is 1. The van der Waals surface area contributed by atoms with Crippen molar-refractivity contribution in [1.29, 1.82) is 0 Å². The number of nitrogens with one attached hydrogen (secondary N) is 1. The zero-order chi connectivity index (χ0) is 19.6. The number of benzene rings is 1. The van der Waals surface area contributed by atoms with Gasteiger partial charge in [0, 0.05) is 17.7 Å². The van der Waals surface area contributed by atoms with E-state index in [9.17, 15) is 14.4 Å². The first-order chi connectivity index (χ1) is 12.8. The van der Waals surface area contributed by atoms with Crippen LogP contribution in [0.3, 0.4) is 0 Å². The summed E-state index contributed by atoms with van der Waals surface area (Å²) in [5.74, 6) is -0.824. The molecular weight excluding hydrogens is 346 g/mol. The Morgan fingerprint density at radius 1 is 1.30 bits per heavy atom. The maximum Gasteiger partial charge on any atom is 0.325 e. The van der Waals surface area contributed by atoms with Gasteiger partial charge in [-0.1, -0.05) is 26.0 Å². The molecule has 142 valence electrons. The van der Waals surface area contributed by atoms with Gasteiger partial charge < -0.3 is 10.4 Å². The van der Waals surface area contributed by atoms with Gasteiger partial charge in [-0.3, -0.25) is 14.4 Å². The lowest BCUT2D eigenvalue weighted by molar-refractivity contribution is -0.138. The summed E-state index contributed by atoms with van der Waals surface area (Å²) in [5.41, 5.74) is 2.85. The van der Waals surface area contributed by atoms with Gasteiger partial charge in [0.25, 0.3) is 11.5 Å². The number of nitrogens with zero attached hydrogens (tertiary/aromatic N) is 2. The lowest BCUT2D eigenvalue weighted by Gasteiger charge is -2.25. The van der Waals surface area contributed by atoms with Gasteiger partial charge >= 0.3 is 5.97 Å². The fourth-order valence-electron chi connectivity index (χ4n) is 3.28. The van der Waals surface area contributed by atoms with Crippen LogP contribution in [0.4, 0.5) is 0 Å². The first-order valence-electron chi connectivity index (χ1n) is 9.06. The summed E-state index contributed by atoms with van der Waals surface area (Å²) in [4.78, 5) is 35.3. The second-order valence-electron chi connectivity index (χ2n) is 7.20. The molecule has 0 bridgehead atoms. The molecule has 2 N–H and O–H groups in total. The highest BCUT2D eigenvalue weighted by molar-refractivity contribution is 5.94. The van der Waals surface area contributed by atoms with Gasteiger partial charge in [-0.15, -0.1) is 0 Å². The zero-order valence-electron chi connectivity index (χ0n) is 15.4. The van der Waals surface area contributed by atoms with Crippen LogP contribution in [0.2, 0.25) is 0 Å². The molecule has 1 atom stereocenters. The van der Waals surface area contributed by atoms with E-state index in [0.29, 0.717) is 30.7 Å². The SMILES string of the molecule is CC(C)c1ccc(C(=O)NC2CCc3nn(CC(=O)O)c(=O)cc3C2)cc1. The molecule has 27 heavy (non-hydrogen) atoms. The van der Waals surface area contributed by atoms with Crippen molar-refractivity contribution in [1.82, 2.24) is 15.1 Å². The van der Waals surface area contributed by atoms with Crippen molar-refractivity contribution >= 4 is 11.9 Å². The smallest absolute Gasteiger partial charge is 0.325 e. The Balaban J connectivity index is 1.69. The molecule has 1 aliphatic carbocycles. The Kier molecular flexibility index (Phi) is 5.39. The highest BCUT2D eigenvalue weighted by atomic mass is 16.4. The molecule has 3 rings (SSSR count). The van der Waals surface area contributed by atoms with Crippen molar-refractivity contribution in [3.8, 4) is 0 Å². The van der Waals surface area contributed by atoms with E-state index in [2.05, 4.69) is 24.3 Å². The molecule has 0 saturated heterocycles. The lowest BCUT2D eigenvalue weighted by Crippen LogP contribution is -2.40. The molecule has 0 radical (unpaired) electrons. The third kappa shape index (κ3) is 4.42. The Morgan fingerprint density at radius 2 is 2.00 bits per heavy atom. The van der Waals surface area contributed by atoms with Gasteiger partial charge in [0.1, 0.15) is 6.54 Å². The number of aliphatic carboxylic acids is 1. The number of hydrogen-bond donors (Lipinski definition) is 2. The molecule has 1 amide bonds. The number of hydrogen-bond acceptors (Lipinski definition) is 4. The molecule has 1 aromatic heterocycles. The minimum absolute atomic E-state index is 0.0775. The van der Waals surface area contributed by atoms with Gasteiger partial charge in [0.05, 0.1) is 5.69 Å². The Bertz CT molecular complexity index is 916. The maximum atomic E-state index is 12.5. The number of aromatic nitrogens is 2. The third-order valence-corrected chi connectivity index (χ3v) is 4.82. The van der Waals surface area contributed by atoms with E-state index in [0.717, 1.165) is 15.9 Å². The van der Waals surface area contributed by atoms with Crippen LogP contribution < -0.4 is 10.9 Å². The molecule has 0 saturated carbocycles. The highest BCUT2D eigenvalue weighted by Crippen LogP contribution is 2.19. The van der Waals surface area contributed by atoms with E-state index >= 15 is 0 Å². The number of carboxylic acids is 1. The molecule has 2 aromatic rings. The summed E-state index contributed by atoms with van der Waals surface area (Å²) in [7, 11) is 0. The quantitative estimate of drug-likeness (QED) is 0.836. The molecule has 0 aliphatic heterocycles. The second-order valence-corrected chi connectivity index (χ2v) is 7.20. The van der Waals surface area contributed by atoms with Crippen LogP contribution in [0, 0.1) is 0 Å². The average Bonchev–Trinajstić information content (AvgIpc) is 2.62. The van der Waals surface area contributed by atoms with Crippen LogP contribution in [0.5, 0.6) is 0 Å². The third-order valence-electron chi connectivity index (χ3n) is 4.82. The number of carbonyl (C=O) groups is 2. The van der Waals surface area contributed by atoms with Gasteiger partial charge in [-0.25, -0.2) is 4.68 Å². The van der Waals surface area contributed by atoms with Gasteiger partial charge in [-0.05, 0) is 48.4 Å². The van der Waals surface area contributed by atoms with Gasteiger partial charge in [0.15, 0.2) is 0 Å². The van der Waals surface area contributed by atoms with Crippen LogP contribution in [0.1, 0.15) is 53.4 Å². The summed E-state index contributed by atoms with van der Waals surface area (Å²) in [6.07, 6.45) is 1.80. The molecule has 1 heterocycles. The van der Waals surface area contributed by atoms with Crippen LogP contribution in [0.25, 0.3) is 0 Å². The summed E-state index contributed by atoms with van der Waals surface area (Å²) >= 11 is 0. The normalized spacial score (nSPS) is 16.0. The summed E-state index contributed by atoms with van der Waals surface area (Å²) in [5, 5.41) is 16.0. The lowest BCUT2D eigenvalue weighted by atomic mass is 9.92. The van der Waals surface area contributed by atoms with Crippen LogP contribution in [-0.4, -0.2) is 32.8 Å². The number of fused-ring (bicyclic) bond motifs is 1. The number of aryl methyl sites for hydroxylation is 1. The van der Waals surface area contributed by atoms with E-state index in [-0.39, 0.29) is 11.9 Å². The predicted octanol–water partition coefficient (Wildman–Crippen LogP) is 1.74. The highest BCUT2D eigenvalue weighted by Gasteiger charge is 2.23. The molecule has 0 fully saturated rings. The van der Waals surface area contributed by atoms with Crippen LogP contribution in [-0.2, 0) is 24.2 Å². The van der Waals surface area contributed by atoms with E-state index in [4.69, 9.17) is 5.11 Å². The largest absolute Gasteiger partial charge is 0.480 e. The van der Waals surface area contributed by atoms with Crippen molar-refractivity contribution in [2.75, 3.05) is 0 Å². The molecular formula is C20H23N3O4. The average molecular weight is 369 g/mol. The number of carboxylic acid groups (broad SMARTS) is 1. The topological polar surface area (TPSA) is 101 Å². The standard InChI is InChI=1S/C20H23N3O4/c1-12(2)13-3-5-14(6-4-13)20(27)21-16-7-8-17-15(9-16)10-18(24)23(22-17)11-19(25)26/h3-6,10,12,16H,7-9,11H2,1-2H3,(H,21,27)(H,25,26). The van der Waals surface area contributed by atoms with Crippen LogP contribution in [0.15, 0.2) is 35.1 Å². The molecule has 1 aromatic carbocycles. The summed E-state index contributed by atoms with van der Waals surface area (Å²) in [6.45, 7) is 3.76. The van der Waals surface area contributed by atoms with E-state index in [1.807, 2.05) is 24.3 Å².